The summed E-state index contributed by atoms with van der Waals surface area (Å²) in [5, 5.41) is 4.22. The highest BCUT2D eigenvalue weighted by Crippen LogP contribution is 2.49. The summed E-state index contributed by atoms with van der Waals surface area (Å²) in [5.74, 6) is 4.73. The SMILES string of the molecule is Cc1c(Cl)nc(C(C)C)nc1NC(C)C1CC2CCC1C2. The fourth-order valence-electron chi connectivity index (χ4n) is 4.13. The molecule has 4 heteroatoms. The summed E-state index contributed by atoms with van der Waals surface area (Å²) < 4.78 is 0. The Hall–Kier alpha value is -0.830. The molecule has 1 heterocycles. The molecule has 2 aliphatic rings. The average Bonchev–Trinajstić information content (AvgIpc) is 3.05. The first-order chi connectivity index (χ1) is 9.95. The molecule has 0 aliphatic heterocycles. The highest BCUT2D eigenvalue weighted by Gasteiger charge is 2.41. The van der Waals surface area contributed by atoms with Gasteiger partial charge < -0.3 is 5.32 Å². The van der Waals surface area contributed by atoms with Crippen LogP contribution in [0, 0.1) is 24.7 Å². The quantitative estimate of drug-likeness (QED) is 0.812. The molecular formula is C17H26ClN3. The molecular weight excluding hydrogens is 282 g/mol. The summed E-state index contributed by atoms with van der Waals surface area (Å²) in [5.41, 5.74) is 0.969. The molecule has 2 aliphatic carbocycles. The molecule has 0 spiro atoms. The number of anilines is 1. The van der Waals surface area contributed by atoms with E-state index in [-0.39, 0.29) is 0 Å². The fourth-order valence-corrected chi connectivity index (χ4v) is 4.31. The molecule has 0 saturated heterocycles. The van der Waals surface area contributed by atoms with Gasteiger partial charge in [0, 0.05) is 17.5 Å². The lowest BCUT2D eigenvalue weighted by atomic mass is 9.84. The van der Waals surface area contributed by atoms with Crippen LogP contribution in [-0.2, 0) is 0 Å². The lowest BCUT2D eigenvalue weighted by Gasteiger charge is -2.29. The van der Waals surface area contributed by atoms with E-state index in [0.29, 0.717) is 17.1 Å². The lowest BCUT2D eigenvalue weighted by Crippen LogP contribution is -2.30. The van der Waals surface area contributed by atoms with Crippen LogP contribution in [0.3, 0.4) is 0 Å². The molecule has 0 aromatic carbocycles. The Morgan fingerprint density at radius 2 is 1.90 bits per heavy atom. The molecule has 0 radical (unpaired) electrons. The average molecular weight is 308 g/mol. The predicted molar refractivity (Wildman–Crippen MR) is 87.9 cm³/mol. The Balaban J connectivity index is 1.77. The number of hydrogen-bond donors (Lipinski definition) is 1. The van der Waals surface area contributed by atoms with E-state index in [1.165, 1.54) is 25.7 Å². The zero-order chi connectivity index (χ0) is 15.1. The van der Waals surface area contributed by atoms with E-state index in [0.717, 1.165) is 35.0 Å². The van der Waals surface area contributed by atoms with Gasteiger partial charge in [-0.25, -0.2) is 9.97 Å². The van der Waals surface area contributed by atoms with Crippen LogP contribution in [0.25, 0.3) is 0 Å². The molecule has 2 fully saturated rings. The van der Waals surface area contributed by atoms with E-state index in [2.05, 4.69) is 31.1 Å². The third-order valence-electron chi connectivity index (χ3n) is 5.42. The third-order valence-corrected chi connectivity index (χ3v) is 5.79. The maximum absolute atomic E-state index is 6.28. The van der Waals surface area contributed by atoms with E-state index in [1.54, 1.807) is 0 Å². The minimum Gasteiger partial charge on any atom is -0.367 e. The minimum absolute atomic E-state index is 0.293. The summed E-state index contributed by atoms with van der Waals surface area (Å²) in [6, 6.07) is 0.463. The van der Waals surface area contributed by atoms with Gasteiger partial charge in [-0.15, -0.1) is 0 Å². The van der Waals surface area contributed by atoms with Crippen LogP contribution < -0.4 is 5.32 Å². The van der Waals surface area contributed by atoms with Crippen molar-refractivity contribution in [2.75, 3.05) is 5.32 Å². The number of nitrogens with one attached hydrogen (secondary N) is 1. The van der Waals surface area contributed by atoms with E-state index >= 15 is 0 Å². The van der Waals surface area contributed by atoms with Gasteiger partial charge in [0.25, 0.3) is 0 Å². The van der Waals surface area contributed by atoms with Crippen LogP contribution in [-0.4, -0.2) is 16.0 Å². The summed E-state index contributed by atoms with van der Waals surface area (Å²) in [4.78, 5) is 9.09. The van der Waals surface area contributed by atoms with E-state index in [1.807, 2.05) is 6.92 Å². The van der Waals surface area contributed by atoms with Crippen molar-refractivity contribution < 1.29 is 0 Å². The van der Waals surface area contributed by atoms with Crippen molar-refractivity contribution in [2.45, 2.75) is 65.3 Å². The van der Waals surface area contributed by atoms with Crippen LogP contribution in [0.1, 0.15) is 63.8 Å². The summed E-state index contributed by atoms with van der Waals surface area (Å²) in [6.45, 7) is 8.51. The summed E-state index contributed by atoms with van der Waals surface area (Å²) in [7, 11) is 0. The molecule has 2 saturated carbocycles. The maximum atomic E-state index is 6.28. The molecule has 4 atom stereocenters. The van der Waals surface area contributed by atoms with E-state index in [4.69, 9.17) is 16.6 Å². The second-order valence-corrected chi connectivity index (χ2v) is 7.63. The first-order valence-electron chi connectivity index (χ1n) is 8.26. The van der Waals surface area contributed by atoms with Crippen molar-refractivity contribution in [3.63, 3.8) is 0 Å². The molecule has 3 rings (SSSR count). The first-order valence-corrected chi connectivity index (χ1v) is 8.64. The van der Waals surface area contributed by atoms with Crippen molar-refractivity contribution in [3.05, 3.63) is 16.5 Å². The monoisotopic (exact) mass is 307 g/mol. The van der Waals surface area contributed by atoms with Crippen LogP contribution in [0.2, 0.25) is 5.15 Å². The Labute approximate surface area is 132 Å². The second-order valence-electron chi connectivity index (χ2n) is 7.27. The first kappa shape index (κ1) is 15.1. The molecule has 3 nitrogen and oxygen atoms in total. The zero-order valence-corrected chi connectivity index (χ0v) is 14.2. The molecule has 0 amide bonds. The van der Waals surface area contributed by atoms with Crippen molar-refractivity contribution in [1.29, 1.82) is 0 Å². The van der Waals surface area contributed by atoms with Gasteiger partial charge in [-0.3, -0.25) is 0 Å². The molecule has 2 bridgehead atoms. The van der Waals surface area contributed by atoms with Gasteiger partial charge in [0.15, 0.2) is 0 Å². The predicted octanol–water partition coefficient (Wildman–Crippen LogP) is 4.80. The van der Waals surface area contributed by atoms with Gasteiger partial charge >= 0.3 is 0 Å². The summed E-state index contributed by atoms with van der Waals surface area (Å²) in [6.07, 6.45) is 5.69. The Kier molecular flexibility index (Phi) is 4.13. The molecule has 1 aromatic rings. The fraction of sp³-hybridized carbons (Fsp3) is 0.765. The van der Waals surface area contributed by atoms with E-state index in [9.17, 15) is 0 Å². The van der Waals surface area contributed by atoms with Gasteiger partial charge in [-0.1, -0.05) is 31.9 Å². The zero-order valence-electron chi connectivity index (χ0n) is 13.5. The van der Waals surface area contributed by atoms with Gasteiger partial charge in [-0.05, 0) is 50.9 Å². The minimum atomic E-state index is 0.293. The Morgan fingerprint density at radius 3 is 2.48 bits per heavy atom. The number of aromatic nitrogens is 2. The molecule has 21 heavy (non-hydrogen) atoms. The van der Waals surface area contributed by atoms with E-state index < -0.39 is 0 Å². The standard InChI is InChI=1S/C17H26ClN3/c1-9(2)16-20-15(18)10(3)17(21-16)19-11(4)14-8-12-5-6-13(14)7-12/h9,11-14H,5-8H2,1-4H3,(H,19,20,21). The second kappa shape index (κ2) is 5.75. The Bertz CT molecular complexity index is 529. The number of hydrogen-bond acceptors (Lipinski definition) is 3. The smallest absolute Gasteiger partial charge is 0.137 e. The van der Waals surface area contributed by atoms with Gasteiger partial charge in [0.1, 0.15) is 16.8 Å². The van der Waals surface area contributed by atoms with Crippen molar-refractivity contribution in [2.24, 2.45) is 17.8 Å². The van der Waals surface area contributed by atoms with Gasteiger partial charge in [0.2, 0.25) is 0 Å². The normalized spacial score (nSPS) is 29.1. The number of rotatable bonds is 4. The largest absolute Gasteiger partial charge is 0.367 e. The van der Waals surface area contributed by atoms with Crippen LogP contribution in [0.15, 0.2) is 0 Å². The maximum Gasteiger partial charge on any atom is 0.137 e. The third kappa shape index (κ3) is 2.90. The molecule has 116 valence electrons. The number of nitrogens with zero attached hydrogens (tertiary/aromatic N) is 2. The van der Waals surface area contributed by atoms with Crippen molar-refractivity contribution in [3.8, 4) is 0 Å². The van der Waals surface area contributed by atoms with Crippen LogP contribution in [0.4, 0.5) is 5.82 Å². The van der Waals surface area contributed by atoms with Crippen molar-refractivity contribution in [1.82, 2.24) is 9.97 Å². The number of halogens is 1. The van der Waals surface area contributed by atoms with Crippen LogP contribution >= 0.6 is 11.6 Å². The highest BCUT2D eigenvalue weighted by molar-refractivity contribution is 6.30. The highest BCUT2D eigenvalue weighted by atomic mass is 35.5. The summed E-state index contributed by atoms with van der Waals surface area (Å²) >= 11 is 6.28. The topological polar surface area (TPSA) is 37.8 Å². The number of fused-ring (bicyclic) bond motifs is 2. The van der Waals surface area contributed by atoms with Gasteiger partial charge in [0.05, 0.1) is 0 Å². The Morgan fingerprint density at radius 1 is 1.14 bits per heavy atom. The van der Waals surface area contributed by atoms with Crippen molar-refractivity contribution >= 4 is 17.4 Å². The lowest BCUT2D eigenvalue weighted by molar-refractivity contribution is 0.304. The molecule has 1 N–H and O–H groups in total. The molecule has 1 aromatic heterocycles. The van der Waals surface area contributed by atoms with Crippen LogP contribution in [0.5, 0.6) is 0 Å². The molecule has 4 unspecified atom stereocenters. The van der Waals surface area contributed by atoms with Gasteiger partial charge in [-0.2, -0.15) is 0 Å².